The highest BCUT2D eigenvalue weighted by Crippen LogP contribution is 2.42. The highest BCUT2D eigenvalue weighted by atomic mass is 79.9. The third-order valence-corrected chi connectivity index (χ3v) is 5.44. The lowest BCUT2D eigenvalue weighted by Gasteiger charge is -2.09. The van der Waals surface area contributed by atoms with Gasteiger partial charge in [-0.1, -0.05) is 27.7 Å². The molecule has 90 valence electrons. The van der Waals surface area contributed by atoms with E-state index in [1.807, 2.05) is 23.9 Å². The van der Waals surface area contributed by atoms with Crippen molar-refractivity contribution in [2.75, 3.05) is 11.9 Å². The van der Waals surface area contributed by atoms with Gasteiger partial charge in [-0.25, -0.2) is 0 Å². The Morgan fingerprint density at radius 1 is 1.29 bits per heavy atom. The first-order chi connectivity index (χ1) is 8.22. The van der Waals surface area contributed by atoms with Gasteiger partial charge in [0, 0.05) is 14.2 Å². The highest BCUT2D eigenvalue weighted by Gasteiger charge is 2.35. The van der Waals surface area contributed by atoms with E-state index in [-0.39, 0.29) is 0 Å². The summed E-state index contributed by atoms with van der Waals surface area (Å²) in [5.74, 6) is 0.913. The predicted octanol–water partition coefficient (Wildman–Crippen LogP) is 4.50. The molecule has 2 nitrogen and oxygen atoms in total. The van der Waals surface area contributed by atoms with Crippen LogP contribution in [-0.4, -0.2) is 17.0 Å². The Kier molecular flexibility index (Phi) is 3.50. The summed E-state index contributed by atoms with van der Waals surface area (Å²) in [7, 11) is 0. The lowest BCUT2D eigenvalue weighted by Crippen LogP contribution is -2.09. The molecule has 1 aliphatic heterocycles. The first-order valence-corrected chi connectivity index (χ1v) is 8.12. The van der Waals surface area contributed by atoms with Gasteiger partial charge < -0.3 is 5.32 Å². The molecule has 0 spiro atoms. The standard InChI is InChI=1S/C12H12Br2N2S/c13-8-3-4-10(9(14)5-8)16-12-15-6-11(17-12)7-1-2-7/h3-5,7,11H,1-2,6H2,(H,15,16). The first kappa shape index (κ1) is 12.1. The SMILES string of the molecule is Brc1ccc(NC2=NCC(C3CC3)S2)c(Br)c1. The van der Waals surface area contributed by atoms with Crippen LogP contribution < -0.4 is 5.32 Å². The molecule has 1 atom stereocenters. The van der Waals surface area contributed by atoms with Crippen LogP contribution in [0.25, 0.3) is 0 Å². The largest absolute Gasteiger partial charge is 0.334 e. The molecule has 5 heteroatoms. The maximum atomic E-state index is 4.57. The van der Waals surface area contributed by atoms with Crippen LogP contribution in [0.3, 0.4) is 0 Å². The van der Waals surface area contributed by atoms with Crippen LogP contribution in [-0.2, 0) is 0 Å². The molecule has 0 saturated heterocycles. The lowest BCUT2D eigenvalue weighted by atomic mass is 10.3. The van der Waals surface area contributed by atoms with E-state index in [0.717, 1.165) is 32.3 Å². The molecule has 1 aliphatic carbocycles. The molecule has 0 radical (unpaired) electrons. The molecule has 2 aliphatic rings. The molecule has 17 heavy (non-hydrogen) atoms. The summed E-state index contributed by atoms with van der Waals surface area (Å²) in [5.41, 5.74) is 1.08. The van der Waals surface area contributed by atoms with E-state index in [0.29, 0.717) is 5.25 Å². The molecule has 0 bridgehead atoms. The van der Waals surface area contributed by atoms with Crippen LogP contribution in [0.15, 0.2) is 32.1 Å². The number of hydrogen-bond acceptors (Lipinski definition) is 3. The zero-order chi connectivity index (χ0) is 11.8. The van der Waals surface area contributed by atoms with Gasteiger partial charge in [0.1, 0.15) is 0 Å². The minimum Gasteiger partial charge on any atom is -0.334 e. The number of anilines is 1. The number of benzene rings is 1. The number of rotatable bonds is 2. The Bertz CT molecular complexity index is 472. The van der Waals surface area contributed by atoms with Crippen molar-refractivity contribution in [1.82, 2.24) is 0 Å². The van der Waals surface area contributed by atoms with Crippen molar-refractivity contribution in [3.63, 3.8) is 0 Å². The molecular formula is C12H12Br2N2S. The smallest absolute Gasteiger partial charge is 0.161 e. The molecule has 1 heterocycles. The first-order valence-electron chi connectivity index (χ1n) is 5.65. The molecule has 0 aromatic heterocycles. The van der Waals surface area contributed by atoms with Crippen molar-refractivity contribution in [2.24, 2.45) is 10.9 Å². The molecule has 1 unspecified atom stereocenters. The van der Waals surface area contributed by atoms with Gasteiger partial charge in [0.05, 0.1) is 12.2 Å². The number of amidine groups is 1. The Morgan fingerprint density at radius 3 is 2.82 bits per heavy atom. The minimum absolute atomic E-state index is 0.715. The minimum atomic E-state index is 0.715. The fourth-order valence-corrected chi connectivity index (χ4v) is 4.24. The number of nitrogens with zero attached hydrogens (tertiary/aromatic N) is 1. The Balaban J connectivity index is 1.66. The molecule has 3 rings (SSSR count). The zero-order valence-corrected chi connectivity index (χ0v) is 13.1. The molecule has 1 aromatic carbocycles. The number of thioether (sulfide) groups is 1. The van der Waals surface area contributed by atoms with Gasteiger partial charge in [-0.15, -0.1) is 0 Å². The Morgan fingerprint density at radius 2 is 2.12 bits per heavy atom. The monoisotopic (exact) mass is 374 g/mol. The Hall–Kier alpha value is -0.000000000000000111. The van der Waals surface area contributed by atoms with Crippen molar-refractivity contribution in [1.29, 1.82) is 0 Å². The van der Waals surface area contributed by atoms with Gasteiger partial charge in [0.15, 0.2) is 5.17 Å². The summed E-state index contributed by atoms with van der Waals surface area (Å²) in [4.78, 5) is 4.57. The molecule has 1 aromatic rings. The second kappa shape index (κ2) is 4.94. The summed E-state index contributed by atoms with van der Waals surface area (Å²) in [6.07, 6.45) is 2.78. The average Bonchev–Trinajstić information content (AvgIpc) is 3.04. The summed E-state index contributed by atoms with van der Waals surface area (Å²) in [5, 5.41) is 5.17. The van der Waals surface area contributed by atoms with E-state index >= 15 is 0 Å². The van der Waals surface area contributed by atoms with Crippen molar-refractivity contribution < 1.29 is 0 Å². The van der Waals surface area contributed by atoms with Gasteiger partial charge in [0.2, 0.25) is 0 Å². The molecule has 0 amide bonds. The normalized spacial score (nSPS) is 23.6. The lowest BCUT2D eigenvalue weighted by molar-refractivity contribution is 0.773. The van der Waals surface area contributed by atoms with E-state index < -0.39 is 0 Å². The molecule has 1 saturated carbocycles. The van der Waals surface area contributed by atoms with Gasteiger partial charge >= 0.3 is 0 Å². The van der Waals surface area contributed by atoms with Gasteiger partial charge in [-0.3, -0.25) is 4.99 Å². The predicted molar refractivity (Wildman–Crippen MR) is 81.9 cm³/mol. The van der Waals surface area contributed by atoms with Crippen molar-refractivity contribution in [3.05, 3.63) is 27.1 Å². The number of hydrogen-bond donors (Lipinski definition) is 1. The topological polar surface area (TPSA) is 24.4 Å². The highest BCUT2D eigenvalue weighted by molar-refractivity contribution is 9.11. The molecular weight excluding hydrogens is 364 g/mol. The number of aliphatic imine (C=N–C) groups is 1. The summed E-state index contributed by atoms with van der Waals surface area (Å²) < 4.78 is 2.14. The van der Waals surface area contributed by atoms with E-state index in [1.165, 1.54) is 12.8 Å². The fourth-order valence-electron chi connectivity index (χ4n) is 1.88. The van der Waals surface area contributed by atoms with Crippen LogP contribution in [0.5, 0.6) is 0 Å². The summed E-state index contributed by atoms with van der Waals surface area (Å²) in [6.45, 7) is 0.978. The maximum Gasteiger partial charge on any atom is 0.161 e. The van der Waals surface area contributed by atoms with Crippen LogP contribution in [0.1, 0.15) is 12.8 Å². The molecule has 1 N–H and O–H groups in total. The van der Waals surface area contributed by atoms with Crippen LogP contribution in [0.4, 0.5) is 5.69 Å². The third-order valence-electron chi connectivity index (χ3n) is 3.00. The van der Waals surface area contributed by atoms with E-state index in [1.54, 1.807) is 0 Å². The average molecular weight is 376 g/mol. The van der Waals surface area contributed by atoms with E-state index in [4.69, 9.17) is 0 Å². The van der Waals surface area contributed by atoms with Crippen molar-refractivity contribution >= 4 is 54.5 Å². The summed E-state index contributed by atoms with van der Waals surface area (Å²) in [6, 6.07) is 6.13. The second-order valence-corrected chi connectivity index (χ2v) is 7.39. The van der Waals surface area contributed by atoms with Gasteiger partial charge in [-0.2, -0.15) is 0 Å². The van der Waals surface area contributed by atoms with Crippen molar-refractivity contribution in [2.45, 2.75) is 18.1 Å². The zero-order valence-electron chi connectivity index (χ0n) is 9.12. The third kappa shape index (κ3) is 2.88. The van der Waals surface area contributed by atoms with Crippen molar-refractivity contribution in [3.8, 4) is 0 Å². The fraction of sp³-hybridized carbons (Fsp3) is 0.417. The maximum absolute atomic E-state index is 4.57. The van der Waals surface area contributed by atoms with Crippen LogP contribution in [0, 0.1) is 5.92 Å². The van der Waals surface area contributed by atoms with E-state index in [2.05, 4.69) is 48.2 Å². The second-order valence-electron chi connectivity index (χ2n) is 4.39. The van der Waals surface area contributed by atoms with Crippen LogP contribution in [0.2, 0.25) is 0 Å². The molecule has 1 fully saturated rings. The van der Waals surface area contributed by atoms with E-state index in [9.17, 15) is 0 Å². The van der Waals surface area contributed by atoms with Crippen LogP contribution >= 0.6 is 43.6 Å². The number of halogens is 2. The van der Waals surface area contributed by atoms with Gasteiger partial charge in [0.25, 0.3) is 0 Å². The number of nitrogens with one attached hydrogen (secondary N) is 1. The Labute approximate surface area is 122 Å². The summed E-state index contributed by atoms with van der Waals surface area (Å²) >= 11 is 8.90. The quantitative estimate of drug-likeness (QED) is 0.822. The van der Waals surface area contributed by atoms with Gasteiger partial charge in [-0.05, 0) is 52.9 Å².